The molecule has 1 fully saturated rings. The average Bonchev–Trinajstić information content (AvgIpc) is 2.24. The van der Waals surface area contributed by atoms with E-state index < -0.39 is 22.2 Å². The third kappa shape index (κ3) is 2.81. The van der Waals surface area contributed by atoms with Crippen LogP contribution in [0.15, 0.2) is 12.1 Å². The number of nitro groups is 1. The molecule has 1 aliphatic carbocycles. The van der Waals surface area contributed by atoms with Gasteiger partial charge in [0.15, 0.2) is 0 Å². The molecule has 104 valence electrons. The normalized spacial score (nSPS) is 21.9. The Morgan fingerprint density at radius 1 is 1.47 bits per heavy atom. The lowest BCUT2D eigenvalue weighted by atomic mass is 9.82. The number of aliphatic hydroxyl groups excluding tert-OH is 1. The maximum absolute atomic E-state index is 13.5. The van der Waals surface area contributed by atoms with Gasteiger partial charge in [0.2, 0.25) is 5.82 Å². The van der Waals surface area contributed by atoms with Crippen LogP contribution in [0.4, 0.5) is 20.2 Å². The molecule has 2 rings (SSSR count). The van der Waals surface area contributed by atoms with Crippen molar-refractivity contribution in [3.8, 4) is 0 Å². The summed E-state index contributed by atoms with van der Waals surface area (Å²) in [4.78, 5) is 11.5. The Bertz CT molecular complexity index is 504. The fraction of sp³-hybridized carbons (Fsp3) is 0.500. The molecule has 1 aliphatic rings. The first-order chi connectivity index (χ1) is 8.88. The first-order valence-electron chi connectivity index (χ1n) is 5.91. The summed E-state index contributed by atoms with van der Waals surface area (Å²) in [5.74, 6) is -1.84. The fourth-order valence-corrected chi connectivity index (χ4v) is 2.36. The lowest BCUT2D eigenvalue weighted by Gasteiger charge is -2.35. The van der Waals surface area contributed by atoms with Crippen LogP contribution < -0.4 is 4.90 Å². The molecule has 0 aromatic heterocycles. The van der Waals surface area contributed by atoms with Crippen molar-refractivity contribution in [2.75, 3.05) is 18.5 Å². The summed E-state index contributed by atoms with van der Waals surface area (Å²) in [6, 6.07) is 1.46. The van der Waals surface area contributed by atoms with Gasteiger partial charge in [-0.2, -0.15) is 4.39 Å². The molecule has 19 heavy (non-hydrogen) atoms. The monoisotopic (exact) mass is 272 g/mol. The van der Waals surface area contributed by atoms with E-state index in [0.717, 1.165) is 6.07 Å². The highest BCUT2D eigenvalue weighted by molar-refractivity contribution is 5.63. The van der Waals surface area contributed by atoms with E-state index >= 15 is 0 Å². The highest BCUT2D eigenvalue weighted by Crippen LogP contribution is 2.34. The van der Waals surface area contributed by atoms with E-state index in [0.29, 0.717) is 25.5 Å². The molecule has 1 saturated carbocycles. The minimum absolute atomic E-state index is 0.0797. The van der Waals surface area contributed by atoms with Crippen LogP contribution in [0.1, 0.15) is 12.8 Å². The quantitative estimate of drug-likeness (QED) is 0.673. The highest BCUT2D eigenvalue weighted by Gasteiger charge is 2.31. The van der Waals surface area contributed by atoms with Crippen molar-refractivity contribution in [1.82, 2.24) is 0 Å². The summed E-state index contributed by atoms with van der Waals surface area (Å²) in [5, 5.41) is 20.0. The van der Waals surface area contributed by atoms with Gasteiger partial charge in [-0.25, -0.2) is 4.39 Å². The van der Waals surface area contributed by atoms with Crippen LogP contribution in [-0.4, -0.2) is 29.7 Å². The van der Waals surface area contributed by atoms with Crippen molar-refractivity contribution in [1.29, 1.82) is 0 Å². The van der Waals surface area contributed by atoms with Crippen molar-refractivity contribution in [2.45, 2.75) is 18.9 Å². The summed E-state index contributed by atoms with van der Waals surface area (Å²) in [6.45, 7) is 0.417. The zero-order valence-corrected chi connectivity index (χ0v) is 10.3. The summed E-state index contributed by atoms with van der Waals surface area (Å²) in [7, 11) is 1.55. The van der Waals surface area contributed by atoms with Crippen LogP contribution in [0.3, 0.4) is 0 Å². The maximum atomic E-state index is 13.5. The van der Waals surface area contributed by atoms with Crippen molar-refractivity contribution < 1.29 is 18.8 Å². The molecule has 0 amide bonds. The van der Waals surface area contributed by atoms with Crippen molar-refractivity contribution in [2.24, 2.45) is 5.92 Å². The van der Waals surface area contributed by atoms with Crippen LogP contribution in [0.2, 0.25) is 0 Å². The van der Waals surface area contributed by atoms with E-state index in [2.05, 4.69) is 0 Å². The number of hydrogen-bond donors (Lipinski definition) is 1. The molecule has 0 unspecified atom stereocenters. The van der Waals surface area contributed by atoms with Gasteiger partial charge >= 0.3 is 5.69 Å². The Hall–Kier alpha value is -1.76. The standard InChI is InChI=1S/C12H14F2N2O3/c1-15(6-7-2-9(17)3-7)11-5-8(13)4-10(14)12(11)16(18)19/h4-5,7,9,17H,2-3,6H2,1H3. The molecule has 1 aromatic rings. The first-order valence-corrected chi connectivity index (χ1v) is 5.91. The van der Waals surface area contributed by atoms with E-state index in [1.165, 1.54) is 4.90 Å². The maximum Gasteiger partial charge on any atom is 0.328 e. The topological polar surface area (TPSA) is 66.6 Å². The zero-order valence-electron chi connectivity index (χ0n) is 10.3. The average molecular weight is 272 g/mol. The van der Waals surface area contributed by atoms with E-state index in [-0.39, 0.29) is 17.7 Å². The minimum Gasteiger partial charge on any atom is -0.393 e. The SMILES string of the molecule is CN(CC1CC(O)C1)c1cc(F)cc(F)c1[N+](=O)[O-]. The van der Waals surface area contributed by atoms with Crippen LogP contribution in [0.5, 0.6) is 0 Å². The summed E-state index contributed by atoms with van der Waals surface area (Å²) in [6.07, 6.45) is 0.879. The predicted molar refractivity (Wildman–Crippen MR) is 65.0 cm³/mol. The van der Waals surface area contributed by atoms with Gasteiger partial charge in [0, 0.05) is 25.7 Å². The molecule has 5 nitrogen and oxygen atoms in total. The van der Waals surface area contributed by atoms with Gasteiger partial charge in [-0.1, -0.05) is 0 Å². The lowest BCUT2D eigenvalue weighted by Crippen LogP contribution is -2.37. The number of rotatable bonds is 4. The number of nitrogens with zero attached hydrogens (tertiary/aromatic N) is 2. The predicted octanol–water partition coefficient (Wildman–Crippen LogP) is 2.08. The van der Waals surface area contributed by atoms with Crippen molar-refractivity contribution in [3.63, 3.8) is 0 Å². The molecule has 0 radical (unpaired) electrons. The molecular formula is C12H14F2N2O3. The summed E-state index contributed by atoms with van der Waals surface area (Å²) >= 11 is 0. The molecule has 0 heterocycles. The number of hydrogen-bond acceptors (Lipinski definition) is 4. The van der Waals surface area contributed by atoms with Crippen LogP contribution in [0.25, 0.3) is 0 Å². The number of aliphatic hydroxyl groups is 1. The Morgan fingerprint density at radius 3 is 2.63 bits per heavy atom. The van der Waals surface area contributed by atoms with Crippen LogP contribution in [-0.2, 0) is 0 Å². The lowest BCUT2D eigenvalue weighted by molar-refractivity contribution is -0.386. The minimum atomic E-state index is -1.18. The Balaban J connectivity index is 2.24. The largest absolute Gasteiger partial charge is 0.393 e. The third-order valence-electron chi connectivity index (χ3n) is 3.34. The van der Waals surface area contributed by atoms with Gasteiger partial charge in [-0.3, -0.25) is 10.1 Å². The van der Waals surface area contributed by atoms with Crippen molar-refractivity contribution >= 4 is 11.4 Å². The first kappa shape index (κ1) is 13.7. The molecule has 1 N–H and O–H groups in total. The molecular weight excluding hydrogens is 258 g/mol. The highest BCUT2D eigenvalue weighted by atomic mass is 19.1. The van der Waals surface area contributed by atoms with Gasteiger partial charge in [-0.15, -0.1) is 0 Å². The van der Waals surface area contributed by atoms with Gasteiger partial charge in [0.1, 0.15) is 11.5 Å². The van der Waals surface area contributed by atoms with Gasteiger partial charge < -0.3 is 10.0 Å². The molecule has 1 aromatic carbocycles. The van der Waals surface area contributed by atoms with Gasteiger partial charge in [0.05, 0.1) is 11.0 Å². The molecule has 7 heteroatoms. The van der Waals surface area contributed by atoms with Crippen molar-refractivity contribution in [3.05, 3.63) is 33.9 Å². The molecule has 0 aliphatic heterocycles. The Kier molecular flexibility index (Phi) is 3.66. The number of halogens is 2. The van der Waals surface area contributed by atoms with Crippen LogP contribution >= 0.6 is 0 Å². The van der Waals surface area contributed by atoms with E-state index in [1.807, 2.05) is 0 Å². The molecule has 0 spiro atoms. The second kappa shape index (κ2) is 5.08. The Morgan fingerprint density at radius 2 is 2.11 bits per heavy atom. The second-order valence-electron chi connectivity index (χ2n) is 4.88. The molecule has 0 atom stereocenters. The van der Waals surface area contributed by atoms with Gasteiger partial charge in [0.25, 0.3) is 0 Å². The molecule has 0 bridgehead atoms. The second-order valence-corrected chi connectivity index (χ2v) is 4.88. The number of nitro benzene ring substituents is 1. The summed E-state index contributed by atoms with van der Waals surface area (Å²) < 4.78 is 26.7. The Labute approximate surface area is 108 Å². The number of anilines is 1. The fourth-order valence-electron chi connectivity index (χ4n) is 2.36. The van der Waals surface area contributed by atoms with E-state index in [4.69, 9.17) is 0 Å². The smallest absolute Gasteiger partial charge is 0.328 e. The third-order valence-corrected chi connectivity index (χ3v) is 3.34. The van der Waals surface area contributed by atoms with E-state index in [9.17, 15) is 24.0 Å². The molecule has 0 saturated heterocycles. The van der Waals surface area contributed by atoms with Gasteiger partial charge in [-0.05, 0) is 18.8 Å². The van der Waals surface area contributed by atoms with E-state index in [1.54, 1.807) is 7.05 Å². The number of benzene rings is 1. The van der Waals surface area contributed by atoms with Crippen LogP contribution in [0, 0.1) is 27.7 Å². The zero-order chi connectivity index (χ0) is 14.2. The summed E-state index contributed by atoms with van der Waals surface area (Å²) in [5.41, 5.74) is -0.798.